The molecule has 0 aliphatic carbocycles. The number of nitrogens with zero attached hydrogens (tertiary/aromatic N) is 1. The topological polar surface area (TPSA) is 24.5 Å². The van der Waals surface area contributed by atoms with Crippen molar-refractivity contribution in [3.63, 3.8) is 0 Å². The maximum atomic E-state index is 5.45. The fraction of sp³-hybridized carbons (Fsp3) is 1.00. The Morgan fingerprint density at radius 3 is 2.73 bits per heavy atom. The van der Waals surface area contributed by atoms with E-state index < -0.39 is 0 Å². The van der Waals surface area contributed by atoms with Gasteiger partial charge in [-0.2, -0.15) is 0 Å². The molecule has 1 atom stereocenters. The highest BCUT2D eigenvalue weighted by molar-refractivity contribution is 4.66. The minimum Gasteiger partial charge on any atom is -0.377 e. The van der Waals surface area contributed by atoms with Crippen LogP contribution in [0.5, 0.6) is 0 Å². The first-order chi connectivity index (χ1) is 7.33. The Balaban J connectivity index is 1.84. The van der Waals surface area contributed by atoms with Crippen LogP contribution < -0.4 is 5.32 Å². The van der Waals surface area contributed by atoms with Gasteiger partial charge in [-0.25, -0.2) is 0 Å². The van der Waals surface area contributed by atoms with E-state index in [1.165, 1.54) is 38.9 Å². The van der Waals surface area contributed by atoms with Crippen molar-refractivity contribution in [1.29, 1.82) is 0 Å². The van der Waals surface area contributed by atoms with E-state index >= 15 is 0 Å². The quantitative estimate of drug-likeness (QED) is 0.620. The molecule has 1 aliphatic rings. The highest BCUT2D eigenvalue weighted by Gasteiger charge is 2.09. The van der Waals surface area contributed by atoms with Crippen LogP contribution in [-0.4, -0.2) is 50.3 Å². The van der Waals surface area contributed by atoms with Gasteiger partial charge in [0.15, 0.2) is 0 Å². The zero-order valence-corrected chi connectivity index (χ0v) is 10.3. The summed E-state index contributed by atoms with van der Waals surface area (Å²) in [6.07, 6.45) is 4.41. The fourth-order valence-corrected chi connectivity index (χ4v) is 2.08. The molecular weight excluding hydrogens is 188 g/mol. The molecule has 15 heavy (non-hydrogen) atoms. The van der Waals surface area contributed by atoms with Crippen molar-refractivity contribution in [3.05, 3.63) is 0 Å². The van der Waals surface area contributed by atoms with Gasteiger partial charge in [0.25, 0.3) is 0 Å². The molecular formula is C12H26N2O. The molecule has 1 heterocycles. The van der Waals surface area contributed by atoms with Crippen LogP contribution in [0.15, 0.2) is 0 Å². The summed E-state index contributed by atoms with van der Waals surface area (Å²) in [6, 6.07) is 0. The van der Waals surface area contributed by atoms with Crippen LogP contribution in [0.25, 0.3) is 0 Å². The van der Waals surface area contributed by atoms with E-state index in [-0.39, 0.29) is 0 Å². The Bertz CT molecular complexity index is 147. The predicted molar refractivity (Wildman–Crippen MR) is 64.2 cm³/mol. The number of rotatable bonds is 8. The van der Waals surface area contributed by atoms with Crippen LogP contribution in [0.3, 0.4) is 0 Å². The molecule has 1 saturated heterocycles. The molecule has 0 spiro atoms. The van der Waals surface area contributed by atoms with Crippen molar-refractivity contribution in [2.45, 2.75) is 39.2 Å². The maximum Gasteiger partial charge on any atom is 0.0671 e. The first-order valence-electron chi connectivity index (χ1n) is 6.37. The summed E-state index contributed by atoms with van der Waals surface area (Å²) in [4.78, 5) is 2.56. The second-order valence-corrected chi connectivity index (χ2v) is 4.37. The van der Waals surface area contributed by atoms with Crippen LogP contribution in [0.1, 0.15) is 33.1 Å². The first kappa shape index (κ1) is 12.9. The molecule has 1 unspecified atom stereocenters. The molecule has 1 aliphatic heterocycles. The SMILES string of the molecule is CCOC(C)CNCCCN1CCCC1. The van der Waals surface area contributed by atoms with Gasteiger partial charge in [0.2, 0.25) is 0 Å². The van der Waals surface area contributed by atoms with Crippen molar-refractivity contribution in [3.8, 4) is 0 Å². The highest BCUT2D eigenvalue weighted by atomic mass is 16.5. The van der Waals surface area contributed by atoms with E-state index in [9.17, 15) is 0 Å². The molecule has 0 aromatic heterocycles. The van der Waals surface area contributed by atoms with Crippen molar-refractivity contribution in [2.24, 2.45) is 0 Å². The molecule has 0 bridgehead atoms. The molecule has 0 radical (unpaired) electrons. The standard InChI is InChI=1S/C12H26N2O/c1-3-15-12(2)11-13-7-6-10-14-8-4-5-9-14/h12-13H,3-11H2,1-2H3. The van der Waals surface area contributed by atoms with Gasteiger partial charge in [-0.3, -0.25) is 0 Å². The summed E-state index contributed by atoms with van der Waals surface area (Å²) in [5.41, 5.74) is 0. The fourth-order valence-electron chi connectivity index (χ4n) is 2.08. The highest BCUT2D eigenvalue weighted by Crippen LogP contribution is 2.06. The lowest BCUT2D eigenvalue weighted by atomic mass is 10.3. The molecule has 0 amide bonds. The molecule has 1 N–H and O–H groups in total. The molecule has 1 fully saturated rings. The summed E-state index contributed by atoms with van der Waals surface area (Å²) in [7, 11) is 0. The monoisotopic (exact) mass is 214 g/mol. The van der Waals surface area contributed by atoms with Gasteiger partial charge in [0.05, 0.1) is 6.10 Å². The lowest BCUT2D eigenvalue weighted by Crippen LogP contribution is -2.30. The summed E-state index contributed by atoms with van der Waals surface area (Å²) in [6.45, 7) is 11.0. The normalized spacial score (nSPS) is 19.6. The Morgan fingerprint density at radius 2 is 2.07 bits per heavy atom. The van der Waals surface area contributed by atoms with Gasteiger partial charge in [-0.05, 0) is 59.3 Å². The van der Waals surface area contributed by atoms with Crippen molar-refractivity contribution < 1.29 is 4.74 Å². The third-order valence-corrected chi connectivity index (χ3v) is 2.91. The van der Waals surface area contributed by atoms with E-state index in [1.807, 2.05) is 6.92 Å². The smallest absolute Gasteiger partial charge is 0.0671 e. The molecule has 0 saturated carbocycles. The Hall–Kier alpha value is -0.120. The van der Waals surface area contributed by atoms with Crippen molar-refractivity contribution in [2.75, 3.05) is 39.3 Å². The number of ether oxygens (including phenoxy) is 1. The summed E-state index contributed by atoms with van der Waals surface area (Å²) in [5.74, 6) is 0. The minimum atomic E-state index is 0.349. The van der Waals surface area contributed by atoms with Crippen LogP contribution in [0.2, 0.25) is 0 Å². The first-order valence-corrected chi connectivity index (χ1v) is 6.37. The van der Waals surface area contributed by atoms with Gasteiger partial charge in [-0.1, -0.05) is 0 Å². The van der Waals surface area contributed by atoms with Crippen molar-refractivity contribution >= 4 is 0 Å². The largest absolute Gasteiger partial charge is 0.377 e. The number of nitrogens with one attached hydrogen (secondary N) is 1. The summed E-state index contributed by atoms with van der Waals surface area (Å²) >= 11 is 0. The molecule has 1 rings (SSSR count). The average Bonchev–Trinajstić information content (AvgIpc) is 2.70. The van der Waals surface area contributed by atoms with Crippen LogP contribution in [0, 0.1) is 0 Å². The van der Waals surface area contributed by atoms with Crippen LogP contribution >= 0.6 is 0 Å². The Morgan fingerprint density at radius 1 is 1.33 bits per heavy atom. The second kappa shape index (κ2) is 8.08. The Labute approximate surface area is 94.2 Å². The molecule has 3 heteroatoms. The number of hydrogen-bond acceptors (Lipinski definition) is 3. The van der Waals surface area contributed by atoms with E-state index in [1.54, 1.807) is 0 Å². The third kappa shape index (κ3) is 6.13. The van der Waals surface area contributed by atoms with Gasteiger partial charge in [0.1, 0.15) is 0 Å². The average molecular weight is 214 g/mol. The zero-order valence-electron chi connectivity index (χ0n) is 10.3. The lowest BCUT2D eigenvalue weighted by molar-refractivity contribution is 0.0761. The zero-order chi connectivity index (χ0) is 10.9. The molecule has 0 aromatic carbocycles. The van der Waals surface area contributed by atoms with Gasteiger partial charge < -0.3 is 15.0 Å². The van der Waals surface area contributed by atoms with Gasteiger partial charge in [-0.15, -0.1) is 0 Å². The number of hydrogen-bond donors (Lipinski definition) is 1. The van der Waals surface area contributed by atoms with Crippen molar-refractivity contribution in [1.82, 2.24) is 10.2 Å². The second-order valence-electron chi connectivity index (χ2n) is 4.37. The summed E-state index contributed by atoms with van der Waals surface area (Å²) < 4.78 is 5.45. The predicted octanol–water partition coefficient (Wildman–Crippen LogP) is 1.49. The van der Waals surface area contributed by atoms with Gasteiger partial charge >= 0.3 is 0 Å². The minimum absolute atomic E-state index is 0.349. The Kier molecular flexibility index (Phi) is 6.98. The number of likely N-dealkylation sites (tertiary alicyclic amines) is 1. The van der Waals surface area contributed by atoms with E-state index in [2.05, 4.69) is 17.1 Å². The molecule has 3 nitrogen and oxygen atoms in total. The van der Waals surface area contributed by atoms with Crippen LogP contribution in [-0.2, 0) is 4.74 Å². The van der Waals surface area contributed by atoms with Crippen LogP contribution in [0.4, 0.5) is 0 Å². The lowest BCUT2D eigenvalue weighted by Gasteiger charge is -2.15. The summed E-state index contributed by atoms with van der Waals surface area (Å²) in [5, 5.41) is 3.44. The molecule has 90 valence electrons. The van der Waals surface area contributed by atoms with E-state index in [0.717, 1.165) is 19.7 Å². The molecule has 0 aromatic rings. The van der Waals surface area contributed by atoms with Gasteiger partial charge in [0, 0.05) is 13.2 Å². The van der Waals surface area contributed by atoms with E-state index in [0.29, 0.717) is 6.10 Å². The maximum absolute atomic E-state index is 5.45. The third-order valence-electron chi connectivity index (χ3n) is 2.91. The van der Waals surface area contributed by atoms with E-state index in [4.69, 9.17) is 4.74 Å².